The van der Waals surface area contributed by atoms with Gasteiger partial charge in [-0.2, -0.15) is 0 Å². The Balaban J connectivity index is 2.25. The number of imidazole rings is 1. The molecule has 0 spiro atoms. The van der Waals surface area contributed by atoms with Crippen LogP contribution >= 0.6 is 0 Å². The van der Waals surface area contributed by atoms with Crippen molar-refractivity contribution in [3.05, 3.63) is 53.8 Å². The van der Waals surface area contributed by atoms with Crippen LogP contribution in [-0.4, -0.2) is 20.6 Å². The molecule has 21 heavy (non-hydrogen) atoms. The number of carboxylic acid groups (broad SMARTS) is 1. The summed E-state index contributed by atoms with van der Waals surface area (Å²) in [5.74, 6) is -0.709. The van der Waals surface area contributed by atoms with Gasteiger partial charge in [-0.25, -0.2) is 9.37 Å². The average molecular weight is 284 g/mol. The minimum absolute atomic E-state index is 0.188. The Morgan fingerprint density at radius 3 is 2.76 bits per heavy atom. The lowest BCUT2D eigenvalue weighted by Gasteiger charge is -2.07. The third-order valence-corrected chi connectivity index (χ3v) is 3.36. The molecule has 0 bridgehead atoms. The second-order valence-electron chi connectivity index (χ2n) is 4.87. The van der Waals surface area contributed by atoms with Crippen molar-refractivity contribution >= 4 is 17.0 Å². The summed E-state index contributed by atoms with van der Waals surface area (Å²) in [4.78, 5) is 15.6. The van der Waals surface area contributed by atoms with Gasteiger partial charge in [0.15, 0.2) is 0 Å². The first-order valence-electron chi connectivity index (χ1n) is 6.50. The van der Waals surface area contributed by atoms with Gasteiger partial charge in [0.05, 0.1) is 11.0 Å². The van der Waals surface area contributed by atoms with E-state index in [0.717, 1.165) is 11.0 Å². The van der Waals surface area contributed by atoms with Gasteiger partial charge in [-0.15, -0.1) is 0 Å². The Bertz CT molecular complexity index is 839. The Hall–Kier alpha value is -2.69. The van der Waals surface area contributed by atoms with E-state index in [2.05, 4.69) is 4.98 Å². The van der Waals surface area contributed by atoms with Gasteiger partial charge in [0.25, 0.3) is 0 Å². The quantitative estimate of drug-likeness (QED) is 0.803. The van der Waals surface area contributed by atoms with Crippen molar-refractivity contribution in [2.45, 2.75) is 13.5 Å². The van der Waals surface area contributed by atoms with Gasteiger partial charge in [-0.1, -0.05) is 12.1 Å². The summed E-state index contributed by atoms with van der Waals surface area (Å²) in [7, 11) is 0. The SMILES string of the molecule is Cc1cc(-c2nc3ccccc3n2CC(=O)O)ccc1F. The third-order valence-electron chi connectivity index (χ3n) is 3.36. The maximum absolute atomic E-state index is 13.4. The van der Waals surface area contributed by atoms with Crippen LogP contribution in [0.4, 0.5) is 4.39 Å². The predicted octanol–water partition coefficient (Wildman–Crippen LogP) is 3.24. The second kappa shape index (κ2) is 5.01. The maximum atomic E-state index is 13.4. The molecule has 3 rings (SSSR count). The molecule has 0 saturated heterocycles. The van der Waals surface area contributed by atoms with Crippen LogP contribution in [0.25, 0.3) is 22.4 Å². The number of fused-ring (bicyclic) bond motifs is 1. The van der Waals surface area contributed by atoms with Crippen LogP contribution in [0.2, 0.25) is 0 Å². The van der Waals surface area contributed by atoms with E-state index in [1.165, 1.54) is 6.07 Å². The van der Waals surface area contributed by atoms with Crippen LogP contribution in [-0.2, 0) is 11.3 Å². The number of hydrogen-bond donors (Lipinski definition) is 1. The molecule has 0 saturated carbocycles. The number of hydrogen-bond acceptors (Lipinski definition) is 2. The molecule has 0 atom stereocenters. The molecule has 1 heterocycles. The van der Waals surface area contributed by atoms with Gasteiger partial charge in [-0.3, -0.25) is 4.79 Å². The number of aryl methyl sites for hydroxylation is 1. The highest BCUT2D eigenvalue weighted by molar-refractivity contribution is 5.82. The summed E-state index contributed by atoms with van der Waals surface area (Å²) in [6.07, 6.45) is 0. The largest absolute Gasteiger partial charge is 0.480 e. The number of para-hydroxylation sites is 2. The fourth-order valence-electron chi connectivity index (χ4n) is 2.37. The molecule has 0 fully saturated rings. The molecule has 2 aromatic carbocycles. The number of halogens is 1. The molecular weight excluding hydrogens is 271 g/mol. The Kier molecular flexibility index (Phi) is 3.17. The van der Waals surface area contributed by atoms with Gasteiger partial charge in [0.2, 0.25) is 0 Å². The molecule has 106 valence electrons. The van der Waals surface area contributed by atoms with Crippen LogP contribution in [0.15, 0.2) is 42.5 Å². The summed E-state index contributed by atoms with van der Waals surface area (Å²) < 4.78 is 15.0. The van der Waals surface area contributed by atoms with Crippen molar-refractivity contribution in [1.29, 1.82) is 0 Å². The van der Waals surface area contributed by atoms with E-state index in [4.69, 9.17) is 5.11 Å². The van der Waals surface area contributed by atoms with E-state index in [1.807, 2.05) is 24.3 Å². The molecule has 1 aromatic heterocycles. The number of benzene rings is 2. The number of nitrogens with zero attached hydrogens (tertiary/aromatic N) is 2. The van der Waals surface area contributed by atoms with Crippen LogP contribution in [0.1, 0.15) is 5.56 Å². The molecule has 0 aliphatic heterocycles. The summed E-state index contributed by atoms with van der Waals surface area (Å²) in [5.41, 5.74) is 2.67. The smallest absolute Gasteiger partial charge is 0.323 e. The summed E-state index contributed by atoms with van der Waals surface area (Å²) in [6, 6.07) is 12.0. The summed E-state index contributed by atoms with van der Waals surface area (Å²) in [5, 5.41) is 9.11. The van der Waals surface area contributed by atoms with Crippen LogP contribution in [0.5, 0.6) is 0 Å². The normalized spacial score (nSPS) is 11.0. The molecule has 3 aromatic rings. The summed E-state index contributed by atoms with van der Waals surface area (Å²) in [6.45, 7) is 1.48. The number of carboxylic acids is 1. The minimum atomic E-state index is -0.946. The maximum Gasteiger partial charge on any atom is 0.323 e. The minimum Gasteiger partial charge on any atom is -0.480 e. The van der Waals surface area contributed by atoms with E-state index in [0.29, 0.717) is 17.0 Å². The van der Waals surface area contributed by atoms with Crippen LogP contribution in [0.3, 0.4) is 0 Å². The van der Waals surface area contributed by atoms with Crippen molar-refractivity contribution in [3.63, 3.8) is 0 Å². The zero-order valence-corrected chi connectivity index (χ0v) is 11.4. The molecular formula is C16H13FN2O2. The average Bonchev–Trinajstić information content (AvgIpc) is 2.80. The van der Waals surface area contributed by atoms with E-state index in [1.54, 1.807) is 23.6 Å². The van der Waals surface area contributed by atoms with Gasteiger partial charge in [0, 0.05) is 5.56 Å². The Morgan fingerprint density at radius 2 is 2.05 bits per heavy atom. The molecule has 1 N–H and O–H groups in total. The predicted molar refractivity (Wildman–Crippen MR) is 77.5 cm³/mol. The molecule has 0 aliphatic rings. The first-order chi connectivity index (χ1) is 10.1. The molecule has 4 nitrogen and oxygen atoms in total. The van der Waals surface area contributed by atoms with Crippen molar-refractivity contribution in [3.8, 4) is 11.4 Å². The standard InChI is InChI=1S/C16H13FN2O2/c1-10-8-11(6-7-12(10)17)16-18-13-4-2-3-5-14(13)19(16)9-15(20)21/h2-8H,9H2,1H3,(H,20,21). The van der Waals surface area contributed by atoms with Gasteiger partial charge in [-0.05, 0) is 42.8 Å². The zero-order chi connectivity index (χ0) is 15.0. The Morgan fingerprint density at radius 1 is 1.29 bits per heavy atom. The molecule has 0 aliphatic carbocycles. The van der Waals surface area contributed by atoms with Gasteiger partial charge >= 0.3 is 5.97 Å². The molecule has 0 unspecified atom stereocenters. The van der Waals surface area contributed by atoms with Crippen molar-refractivity contribution in [2.75, 3.05) is 0 Å². The van der Waals surface area contributed by atoms with Crippen LogP contribution < -0.4 is 0 Å². The van der Waals surface area contributed by atoms with Gasteiger partial charge < -0.3 is 9.67 Å². The molecule has 0 radical (unpaired) electrons. The molecule has 5 heteroatoms. The number of rotatable bonds is 3. The highest BCUT2D eigenvalue weighted by Crippen LogP contribution is 2.26. The first-order valence-corrected chi connectivity index (χ1v) is 6.50. The fraction of sp³-hybridized carbons (Fsp3) is 0.125. The van der Waals surface area contributed by atoms with Crippen molar-refractivity contribution < 1.29 is 14.3 Å². The third kappa shape index (κ3) is 2.38. The first kappa shape index (κ1) is 13.3. The Labute approximate surface area is 120 Å². The van der Waals surface area contributed by atoms with Crippen LogP contribution in [0, 0.1) is 12.7 Å². The van der Waals surface area contributed by atoms with Gasteiger partial charge in [0.1, 0.15) is 18.2 Å². The fourth-order valence-corrected chi connectivity index (χ4v) is 2.37. The van der Waals surface area contributed by atoms with E-state index >= 15 is 0 Å². The highest BCUT2D eigenvalue weighted by Gasteiger charge is 2.15. The molecule has 0 amide bonds. The lowest BCUT2D eigenvalue weighted by molar-refractivity contribution is -0.137. The lowest BCUT2D eigenvalue weighted by Crippen LogP contribution is -2.10. The lowest BCUT2D eigenvalue weighted by atomic mass is 10.1. The monoisotopic (exact) mass is 284 g/mol. The number of carbonyl (C=O) groups is 1. The van der Waals surface area contributed by atoms with E-state index < -0.39 is 5.97 Å². The van der Waals surface area contributed by atoms with E-state index in [-0.39, 0.29) is 12.4 Å². The van der Waals surface area contributed by atoms with Crippen molar-refractivity contribution in [2.24, 2.45) is 0 Å². The summed E-state index contributed by atoms with van der Waals surface area (Å²) >= 11 is 0. The second-order valence-corrected chi connectivity index (χ2v) is 4.87. The number of aromatic nitrogens is 2. The zero-order valence-electron chi connectivity index (χ0n) is 11.4. The topological polar surface area (TPSA) is 55.1 Å². The van der Waals surface area contributed by atoms with Crippen molar-refractivity contribution in [1.82, 2.24) is 9.55 Å². The number of aliphatic carboxylic acids is 1. The van der Waals surface area contributed by atoms with E-state index in [9.17, 15) is 9.18 Å². The highest BCUT2D eigenvalue weighted by atomic mass is 19.1.